The highest BCUT2D eigenvalue weighted by Gasteiger charge is 2.08. The zero-order valence-electron chi connectivity index (χ0n) is 6.67. The van der Waals surface area contributed by atoms with Crippen LogP contribution >= 0.6 is 12.6 Å². The van der Waals surface area contributed by atoms with Crippen molar-refractivity contribution in [1.82, 2.24) is 0 Å². The monoisotopic (exact) mass is 188 g/mol. The Balaban J connectivity index is 2.96. The fourth-order valence-corrected chi connectivity index (χ4v) is 1.12. The van der Waals surface area contributed by atoms with E-state index in [2.05, 4.69) is 12.6 Å². The van der Waals surface area contributed by atoms with Crippen molar-refractivity contribution in [3.8, 4) is 0 Å². The van der Waals surface area contributed by atoms with Crippen molar-refractivity contribution in [2.75, 3.05) is 0 Å². The SMILES string of the molecule is CC(S)c1cccc(C(F)F)c1. The molecule has 0 bridgehead atoms. The summed E-state index contributed by atoms with van der Waals surface area (Å²) in [6.45, 7) is 1.85. The Morgan fingerprint density at radius 3 is 2.33 bits per heavy atom. The average Bonchev–Trinajstić information content (AvgIpc) is 2.04. The van der Waals surface area contributed by atoms with E-state index >= 15 is 0 Å². The van der Waals surface area contributed by atoms with Crippen LogP contribution in [0.15, 0.2) is 24.3 Å². The molecule has 0 radical (unpaired) electrons. The molecule has 1 rings (SSSR count). The summed E-state index contributed by atoms with van der Waals surface area (Å²) >= 11 is 4.16. The molecule has 0 fully saturated rings. The molecule has 66 valence electrons. The fourth-order valence-electron chi connectivity index (χ4n) is 0.955. The summed E-state index contributed by atoms with van der Waals surface area (Å²) in [5, 5.41) is 0.00343. The largest absolute Gasteiger partial charge is 0.263 e. The topological polar surface area (TPSA) is 0 Å². The molecule has 0 spiro atoms. The number of rotatable bonds is 2. The molecule has 0 nitrogen and oxygen atoms in total. The zero-order chi connectivity index (χ0) is 9.14. The minimum atomic E-state index is -2.39. The average molecular weight is 188 g/mol. The van der Waals surface area contributed by atoms with E-state index in [9.17, 15) is 8.78 Å². The maximum atomic E-state index is 12.2. The second-order valence-corrected chi connectivity index (χ2v) is 3.42. The molecule has 0 heterocycles. The van der Waals surface area contributed by atoms with Crippen LogP contribution in [0.1, 0.15) is 29.7 Å². The smallest absolute Gasteiger partial charge is 0.205 e. The highest BCUT2D eigenvalue weighted by Crippen LogP contribution is 2.24. The highest BCUT2D eigenvalue weighted by molar-refractivity contribution is 7.80. The highest BCUT2D eigenvalue weighted by atomic mass is 32.1. The summed E-state index contributed by atoms with van der Waals surface area (Å²) in [7, 11) is 0. The first kappa shape index (κ1) is 9.52. The van der Waals surface area contributed by atoms with E-state index in [0.717, 1.165) is 5.56 Å². The number of benzene rings is 1. The Hall–Kier alpha value is -0.570. The van der Waals surface area contributed by atoms with Crippen molar-refractivity contribution < 1.29 is 8.78 Å². The lowest BCUT2D eigenvalue weighted by molar-refractivity contribution is 0.151. The van der Waals surface area contributed by atoms with Crippen LogP contribution in [0.4, 0.5) is 8.78 Å². The Labute approximate surface area is 76.0 Å². The number of hydrogen-bond acceptors (Lipinski definition) is 1. The molecule has 12 heavy (non-hydrogen) atoms. The Morgan fingerprint density at radius 2 is 1.83 bits per heavy atom. The van der Waals surface area contributed by atoms with Crippen molar-refractivity contribution >= 4 is 12.6 Å². The Morgan fingerprint density at radius 1 is 1.25 bits per heavy atom. The fraction of sp³-hybridized carbons (Fsp3) is 0.333. The number of alkyl halides is 2. The number of thiol groups is 1. The van der Waals surface area contributed by atoms with Crippen molar-refractivity contribution in [2.24, 2.45) is 0 Å². The molecular weight excluding hydrogens is 178 g/mol. The van der Waals surface area contributed by atoms with Gasteiger partial charge in [-0.3, -0.25) is 0 Å². The molecule has 1 aromatic carbocycles. The van der Waals surface area contributed by atoms with Crippen molar-refractivity contribution in [2.45, 2.75) is 18.6 Å². The second kappa shape index (κ2) is 3.90. The van der Waals surface area contributed by atoms with Gasteiger partial charge in [0.1, 0.15) is 0 Å². The normalized spacial score (nSPS) is 13.4. The van der Waals surface area contributed by atoms with Gasteiger partial charge in [-0.05, 0) is 18.6 Å². The summed E-state index contributed by atoms with van der Waals surface area (Å²) in [6.07, 6.45) is -2.39. The van der Waals surface area contributed by atoms with Gasteiger partial charge in [0.15, 0.2) is 0 Å². The van der Waals surface area contributed by atoms with Crippen molar-refractivity contribution in [3.05, 3.63) is 35.4 Å². The van der Waals surface area contributed by atoms with Crippen LogP contribution in [0.5, 0.6) is 0 Å². The van der Waals surface area contributed by atoms with E-state index in [-0.39, 0.29) is 10.8 Å². The van der Waals surface area contributed by atoms with Gasteiger partial charge in [0.05, 0.1) is 0 Å². The number of hydrogen-bond donors (Lipinski definition) is 1. The first-order chi connectivity index (χ1) is 5.61. The predicted octanol–water partition coefficient (Wildman–Crippen LogP) is 3.62. The van der Waals surface area contributed by atoms with Crippen LogP contribution in [-0.2, 0) is 0 Å². The third-order valence-corrected chi connectivity index (χ3v) is 1.94. The van der Waals surface area contributed by atoms with Gasteiger partial charge in [0.2, 0.25) is 0 Å². The van der Waals surface area contributed by atoms with Gasteiger partial charge in [-0.25, -0.2) is 8.78 Å². The second-order valence-electron chi connectivity index (χ2n) is 2.65. The molecule has 3 heteroatoms. The molecule has 1 unspecified atom stereocenters. The van der Waals surface area contributed by atoms with Crippen molar-refractivity contribution in [1.29, 1.82) is 0 Å². The maximum absolute atomic E-state index is 12.2. The van der Waals surface area contributed by atoms with E-state index in [1.54, 1.807) is 12.1 Å². The first-order valence-corrected chi connectivity index (χ1v) is 4.19. The lowest BCUT2D eigenvalue weighted by atomic mass is 10.1. The molecule has 1 aromatic rings. The summed E-state index contributed by atoms with van der Waals surface area (Å²) in [4.78, 5) is 0. The molecular formula is C9H10F2S. The van der Waals surface area contributed by atoms with Crippen LogP contribution in [0.25, 0.3) is 0 Å². The first-order valence-electron chi connectivity index (χ1n) is 3.67. The van der Waals surface area contributed by atoms with Gasteiger partial charge in [0.25, 0.3) is 6.43 Å². The standard InChI is InChI=1S/C9H10F2S/c1-6(12)7-3-2-4-8(5-7)9(10)11/h2-6,9,12H,1H3. The molecule has 1 atom stereocenters. The third kappa shape index (κ3) is 2.21. The van der Waals surface area contributed by atoms with E-state index < -0.39 is 6.43 Å². The van der Waals surface area contributed by atoms with Crippen molar-refractivity contribution in [3.63, 3.8) is 0 Å². The van der Waals surface area contributed by atoms with Crippen LogP contribution in [0, 0.1) is 0 Å². The molecule has 0 aliphatic carbocycles. The number of halogens is 2. The molecule has 0 N–H and O–H groups in total. The summed E-state index contributed by atoms with van der Waals surface area (Å²) < 4.78 is 24.4. The molecule has 0 aromatic heterocycles. The third-order valence-electron chi connectivity index (χ3n) is 1.65. The Bertz CT molecular complexity index is 235. The van der Waals surface area contributed by atoms with Crippen LogP contribution < -0.4 is 0 Å². The van der Waals surface area contributed by atoms with Gasteiger partial charge in [-0.1, -0.05) is 18.2 Å². The van der Waals surface area contributed by atoms with E-state index in [1.807, 2.05) is 6.92 Å². The minimum absolute atomic E-state index is 0.00343. The maximum Gasteiger partial charge on any atom is 0.263 e. The summed E-state index contributed by atoms with van der Waals surface area (Å²) in [6, 6.07) is 6.33. The molecule has 0 aliphatic rings. The van der Waals surface area contributed by atoms with Gasteiger partial charge in [0, 0.05) is 10.8 Å². The predicted molar refractivity (Wildman–Crippen MR) is 48.8 cm³/mol. The van der Waals surface area contributed by atoms with Crippen LogP contribution in [-0.4, -0.2) is 0 Å². The lowest BCUT2D eigenvalue weighted by Crippen LogP contribution is -1.88. The van der Waals surface area contributed by atoms with E-state index in [0.29, 0.717) is 0 Å². The zero-order valence-corrected chi connectivity index (χ0v) is 7.56. The van der Waals surface area contributed by atoms with E-state index in [4.69, 9.17) is 0 Å². The summed E-state index contributed by atoms with van der Waals surface area (Å²) in [5.74, 6) is 0. The Kier molecular flexibility index (Phi) is 3.09. The molecule has 0 saturated heterocycles. The van der Waals surface area contributed by atoms with Gasteiger partial charge >= 0.3 is 0 Å². The van der Waals surface area contributed by atoms with E-state index in [1.165, 1.54) is 12.1 Å². The van der Waals surface area contributed by atoms with Gasteiger partial charge < -0.3 is 0 Å². The quantitative estimate of drug-likeness (QED) is 0.673. The van der Waals surface area contributed by atoms with Gasteiger partial charge in [-0.15, -0.1) is 0 Å². The molecule has 0 aliphatic heterocycles. The van der Waals surface area contributed by atoms with Gasteiger partial charge in [-0.2, -0.15) is 12.6 Å². The molecule has 0 amide bonds. The van der Waals surface area contributed by atoms with Crippen LogP contribution in [0.2, 0.25) is 0 Å². The molecule has 0 saturated carbocycles. The minimum Gasteiger partial charge on any atom is -0.205 e. The lowest BCUT2D eigenvalue weighted by Gasteiger charge is -2.06. The summed E-state index contributed by atoms with van der Waals surface area (Å²) in [5.41, 5.74) is 0.893. The van der Waals surface area contributed by atoms with Crippen LogP contribution in [0.3, 0.4) is 0 Å².